The second-order valence-corrected chi connectivity index (χ2v) is 9.65. The average Bonchev–Trinajstić information content (AvgIpc) is 3.70. The lowest BCUT2D eigenvalue weighted by Gasteiger charge is -2.25. The number of carbonyl (C=O) groups is 2. The molecule has 39 heavy (non-hydrogen) atoms. The van der Waals surface area contributed by atoms with Crippen molar-refractivity contribution in [1.82, 2.24) is 10.3 Å². The molecular weight excluding hydrogens is 503 g/mol. The zero-order valence-corrected chi connectivity index (χ0v) is 21.8. The van der Waals surface area contributed by atoms with E-state index in [1.165, 1.54) is 30.5 Å². The van der Waals surface area contributed by atoms with E-state index in [9.17, 15) is 22.8 Å². The molecule has 1 aliphatic carbocycles. The minimum Gasteiger partial charge on any atom is -0.366 e. The van der Waals surface area contributed by atoms with Gasteiger partial charge in [0.25, 0.3) is 5.91 Å². The number of amides is 2. The number of nitrogens with two attached hydrogens (primary N) is 1. The largest absolute Gasteiger partial charge is 0.366 e. The van der Waals surface area contributed by atoms with Crippen molar-refractivity contribution in [2.45, 2.75) is 45.6 Å². The molecule has 1 atom stereocenters. The van der Waals surface area contributed by atoms with Gasteiger partial charge >= 0.3 is 0 Å². The Balaban J connectivity index is 1.79. The molecule has 0 radical (unpaired) electrons. The van der Waals surface area contributed by atoms with Gasteiger partial charge in [0.1, 0.15) is 17.5 Å². The molecule has 0 bridgehead atoms. The number of hydrogen-bond acceptors (Lipinski definition) is 3. The topological polar surface area (TPSA) is 85.1 Å². The smallest absolute Gasteiger partial charge is 0.251 e. The summed E-state index contributed by atoms with van der Waals surface area (Å²) in [6, 6.07) is 9.76. The van der Waals surface area contributed by atoms with Gasteiger partial charge in [-0.3, -0.25) is 14.6 Å². The molecule has 1 fully saturated rings. The van der Waals surface area contributed by atoms with E-state index in [0.29, 0.717) is 35.2 Å². The van der Waals surface area contributed by atoms with Crippen molar-refractivity contribution in [3.8, 4) is 11.1 Å². The lowest BCUT2D eigenvalue weighted by Crippen LogP contribution is -2.37. The molecule has 8 heteroatoms. The zero-order chi connectivity index (χ0) is 28.2. The van der Waals surface area contributed by atoms with Crippen LogP contribution in [0.25, 0.3) is 11.1 Å². The number of allylic oxidation sites excluding steroid dienone is 3. The van der Waals surface area contributed by atoms with Crippen molar-refractivity contribution in [3.05, 3.63) is 113 Å². The second kappa shape index (κ2) is 11.7. The number of nitrogens with zero attached hydrogens (tertiary/aromatic N) is 1. The highest BCUT2D eigenvalue weighted by Crippen LogP contribution is 2.53. The minimum atomic E-state index is -0.922. The first-order valence-corrected chi connectivity index (χ1v) is 12.8. The number of pyridine rings is 1. The summed E-state index contributed by atoms with van der Waals surface area (Å²) >= 11 is 0. The molecular formula is C31H30F3N3O2. The predicted octanol–water partition coefficient (Wildman–Crippen LogP) is 6.36. The number of carbonyl (C=O) groups excluding carboxylic acids is 2. The molecule has 5 nitrogen and oxygen atoms in total. The molecule has 1 saturated carbocycles. The van der Waals surface area contributed by atoms with Crippen molar-refractivity contribution in [2.24, 2.45) is 11.1 Å². The molecule has 2 aromatic carbocycles. The molecule has 2 amide bonds. The maximum absolute atomic E-state index is 14.2. The third kappa shape index (κ3) is 6.11. The molecule has 1 aliphatic rings. The highest BCUT2D eigenvalue weighted by atomic mass is 19.1. The Kier molecular flexibility index (Phi) is 8.33. The van der Waals surface area contributed by atoms with Crippen molar-refractivity contribution >= 4 is 11.8 Å². The van der Waals surface area contributed by atoms with Crippen LogP contribution >= 0.6 is 0 Å². The van der Waals surface area contributed by atoms with Gasteiger partial charge in [-0.15, -0.1) is 0 Å². The summed E-state index contributed by atoms with van der Waals surface area (Å²) in [6.45, 7) is 3.89. The molecule has 3 N–H and O–H groups in total. The number of rotatable bonds is 10. The van der Waals surface area contributed by atoms with Gasteiger partial charge in [-0.05, 0) is 79.6 Å². The third-order valence-electron chi connectivity index (χ3n) is 6.89. The van der Waals surface area contributed by atoms with Crippen LogP contribution in [0.5, 0.6) is 0 Å². The van der Waals surface area contributed by atoms with Crippen molar-refractivity contribution in [1.29, 1.82) is 0 Å². The summed E-state index contributed by atoms with van der Waals surface area (Å²) in [4.78, 5) is 30.1. The lowest BCUT2D eigenvalue weighted by atomic mass is 9.90. The Morgan fingerprint density at radius 2 is 1.82 bits per heavy atom. The molecule has 1 aromatic heterocycles. The predicted molar refractivity (Wildman–Crippen MR) is 144 cm³/mol. The van der Waals surface area contributed by atoms with Gasteiger partial charge in [0.05, 0.1) is 22.7 Å². The fraction of sp³-hybridized carbons (Fsp3) is 0.258. The molecule has 3 aromatic rings. The SMILES string of the molecule is CC=CC(=CCC)C1(C(=O)NC(Cc2cc(F)cc(F)c2)c2ncccc2-c2ccc(F)c(C(N)=O)c2)CC1. The Hall–Kier alpha value is -4.20. The maximum atomic E-state index is 14.2. The highest BCUT2D eigenvalue weighted by molar-refractivity contribution is 5.94. The van der Waals surface area contributed by atoms with Gasteiger partial charge in [0, 0.05) is 17.8 Å². The fourth-order valence-corrected chi connectivity index (χ4v) is 4.89. The monoisotopic (exact) mass is 533 g/mol. The Labute approximate surface area is 225 Å². The van der Waals surface area contributed by atoms with Crippen LogP contribution in [-0.4, -0.2) is 16.8 Å². The summed E-state index contributed by atoms with van der Waals surface area (Å²) in [6.07, 6.45) is 9.54. The number of primary amides is 1. The molecule has 1 unspecified atom stereocenters. The molecule has 0 saturated heterocycles. The standard InChI is InChI=1S/C31H30F3N3O2/c1-3-6-21(7-4-2)31(11-12-31)30(39)37-27(16-19-14-22(32)18-23(33)15-19)28-24(8-5-13-36-28)20-9-10-26(34)25(17-20)29(35)38/h3,5-10,13-15,17-18,27H,4,11-12,16H2,1-2H3,(H2,35,38)(H,37,39). The first-order chi connectivity index (χ1) is 18.7. The third-order valence-corrected chi connectivity index (χ3v) is 6.89. The van der Waals surface area contributed by atoms with E-state index in [1.54, 1.807) is 12.1 Å². The summed E-state index contributed by atoms with van der Waals surface area (Å²) in [7, 11) is 0. The molecule has 4 rings (SSSR count). The summed E-state index contributed by atoms with van der Waals surface area (Å²) < 4.78 is 42.4. The van der Waals surface area contributed by atoms with E-state index in [1.807, 2.05) is 32.1 Å². The van der Waals surface area contributed by atoms with Crippen molar-refractivity contribution in [3.63, 3.8) is 0 Å². The van der Waals surface area contributed by atoms with Gasteiger partial charge in [-0.25, -0.2) is 13.2 Å². The summed E-state index contributed by atoms with van der Waals surface area (Å²) in [5.74, 6) is -3.36. The van der Waals surface area contributed by atoms with E-state index in [-0.39, 0.29) is 17.9 Å². The van der Waals surface area contributed by atoms with Crippen LogP contribution in [0.4, 0.5) is 13.2 Å². The molecule has 1 heterocycles. The lowest BCUT2D eigenvalue weighted by molar-refractivity contribution is -0.125. The number of hydrogen-bond donors (Lipinski definition) is 2. The van der Waals surface area contributed by atoms with Crippen molar-refractivity contribution < 1.29 is 22.8 Å². The van der Waals surface area contributed by atoms with E-state index < -0.39 is 34.8 Å². The first kappa shape index (κ1) is 27.8. The van der Waals surface area contributed by atoms with Gasteiger partial charge in [-0.2, -0.15) is 0 Å². The van der Waals surface area contributed by atoms with Gasteiger partial charge < -0.3 is 11.1 Å². The van der Waals surface area contributed by atoms with E-state index in [2.05, 4.69) is 10.3 Å². The van der Waals surface area contributed by atoms with Crippen LogP contribution in [0.15, 0.2) is 78.5 Å². The molecule has 202 valence electrons. The molecule has 0 aliphatic heterocycles. The fourth-order valence-electron chi connectivity index (χ4n) is 4.89. The number of aromatic nitrogens is 1. The highest BCUT2D eigenvalue weighted by Gasteiger charge is 2.52. The first-order valence-electron chi connectivity index (χ1n) is 12.8. The van der Waals surface area contributed by atoms with Crippen LogP contribution in [0.1, 0.15) is 60.8 Å². The molecule has 0 spiro atoms. The quantitative estimate of drug-likeness (QED) is 0.298. The number of nitrogens with one attached hydrogen (secondary N) is 1. The van der Waals surface area contributed by atoms with Gasteiger partial charge in [0.15, 0.2) is 0 Å². The Morgan fingerprint density at radius 3 is 2.44 bits per heavy atom. The van der Waals surface area contributed by atoms with Gasteiger partial charge in [0.2, 0.25) is 5.91 Å². The summed E-state index contributed by atoms with van der Waals surface area (Å²) in [5.41, 5.74) is 7.00. The Bertz CT molecular complexity index is 1440. The minimum absolute atomic E-state index is 0.0425. The van der Waals surface area contributed by atoms with Gasteiger partial charge in [-0.1, -0.05) is 37.3 Å². The Morgan fingerprint density at radius 1 is 1.10 bits per heavy atom. The van der Waals surface area contributed by atoms with Crippen LogP contribution in [-0.2, 0) is 11.2 Å². The second-order valence-electron chi connectivity index (χ2n) is 9.65. The van der Waals surface area contributed by atoms with Crippen LogP contribution in [0, 0.1) is 22.9 Å². The van der Waals surface area contributed by atoms with Crippen molar-refractivity contribution in [2.75, 3.05) is 0 Å². The number of benzene rings is 2. The summed E-state index contributed by atoms with van der Waals surface area (Å²) in [5, 5.41) is 3.09. The van der Waals surface area contributed by atoms with Crippen LogP contribution in [0.2, 0.25) is 0 Å². The van der Waals surface area contributed by atoms with E-state index >= 15 is 0 Å². The normalized spacial score (nSPS) is 15.3. The average molecular weight is 534 g/mol. The van der Waals surface area contributed by atoms with E-state index in [0.717, 1.165) is 24.1 Å². The number of halogens is 3. The van der Waals surface area contributed by atoms with Crippen LogP contribution < -0.4 is 11.1 Å². The van der Waals surface area contributed by atoms with Crippen LogP contribution in [0.3, 0.4) is 0 Å². The maximum Gasteiger partial charge on any atom is 0.251 e. The zero-order valence-electron chi connectivity index (χ0n) is 21.8. The van der Waals surface area contributed by atoms with E-state index in [4.69, 9.17) is 5.73 Å².